The highest BCUT2D eigenvalue weighted by atomic mass is 35.5. The summed E-state index contributed by atoms with van der Waals surface area (Å²) in [6.07, 6.45) is 2.28. The third-order valence-electron chi connectivity index (χ3n) is 3.19. The fourth-order valence-electron chi connectivity index (χ4n) is 2.23. The Morgan fingerprint density at radius 3 is 2.94 bits per heavy atom. The molecule has 0 radical (unpaired) electrons. The highest BCUT2D eigenvalue weighted by Gasteiger charge is 2.22. The number of rotatable bonds is 1. The van der Waals surface area contributed by atoms with Crippen LogP contribution in [-0.4, -0.2) is 23.9 Å². The van der Waals surface area contributed by atoms with E-state index < -0.39 is 0 Å². The predicted octanol–water partition coefficient (Wildman–Crippen LogP) is 2.79. The van der Waals surface area contributed by atoms with E-state index in [0.29, 0.717) is 22.2 Å². The number of carbonyl (C=O) groups is 1. The first-order chi connectivity index (χ1) is 8.08. The van der Waals surface area contributed by atoms with Crippen LogP contribution in [-0.2, 0) is 0 Å². The Labute approximate surface area is 107 Å². The molecule has 1 aromatic rings. The molecular formula is C13H17ClN2O. The van der Waals surface area contributed by atoms with Crippen LogP contribution in [0.2, 0.25) is 5.02 Å². The second-order valence-electron chi connectivity index (χ2n) is 4.73. The molecule has 1 amide bonds. The lowest BCUT2D eigenvalue weighted by molar-refractivity contribution is 0.0683. The molecule has 3 nitrogen and oxygen atoms in total. The van der Waals surface area contributed by atoms with Crippen molar-refractivity contribution in [1.29, 1.82) is 0 Å². The number of likely N-dealkylation sites (tertiary alicyclic amines) is 1. The third-order valence-corrected chi connectivity index (χ3v) is 3.53. The van der Waals surface area contributed by atoms with E-state index in [-0.39, 0.29) is 5.91 Å². The first kappa shape index (κ1) is 12.2. The van der Waals surface area contributed by atoms with Gasteiger partial charge in [0.1, 0.15) is 0 Å². The lowest BCUT2D eigenvalue weighted by atomic mass is 9.99. The molecule has 0 bridgehead atoms. The Bertz CT molecular complexity index is 433. The van der Waals surface area contributed by atoms with Crippen LogP contribution < -0.4 is 5.73 Å². The smallest absolute Gasteiger partial charge is 0.253 e. The predicted molar refractivity (Wildman–Crippen MR) is 70.2 cm³/mol. The first-order valence-electron chi connectivity index (χ1n) is 5.92. The molecule has 1 aliphatic rings. The van der Waals surface area contributed by atoms with Crippen molar-refractivity contribution in [2.24, 2.45) is 5.92 Å². The van der Waals surface area contributed by atoms with Crippen molar-refractivity contribution in [2.45, 2.75) is 19.8 Å². The number of nitrogens with two attached hydrogens (primary N) is 1. The lowest BCUT2D eigenvalue weighted by Gasteiger charge is -2.31. The topological polar surface area (TPSA) is 46.3 Å². The molecule has 1 saturated heterocycles. The molecule has 1 unspecified atom stereocenters. The van der Waals surface area contributed by atoms with Gasteiger partial charge in [-0.3, -0.25) is 4.79 Å². The van der Waals surface area contributed by atoms with Crippen LogP contribution in [0, 0.1) is 5.92 Å². The van der Waals surface area contributed by atoms with Crippen LogP contribution in [0.1, 0.15) is 30.1 Å². The van der Waals surface area contributed by atoms with Crippen molar-refractivity contribution in [2.75, 3.05) is 18.8 Å². The maximum atomic E-state index is 12.2. The van der Waals surface area contributed by atoms with Crippen LogP contribution in [0.25, 0.3) is 0 Å². The van der Waals surface area contributed by atoms with E-state index in [1.165, 1.54) is 6.42 Å². The van der Waals surface area contributed by atoms with E-state index in [1.54, 1.807) is 18.2 Å². The number of hydrogen-bond acceptors (Lipinski definition) is 2. The number of nitrogens with zero attached hydrogens (tertiary/aromatic N) is 1. The van der Waals surface area contributed by atoms with Crippen molar-refractivity contribution >= 4 is 23.2 Å². The SMILES string of the molecule is CC1CCCN(C(=O)c2ccc(Cl)c(N)c2)C1. The summed E-state index contributed by atoms with van der Waals surface area (Å²) >= 11 is 5.84. The standard InChI is InChI=1S/C13H17ClN2O/c1-9-3-2-6-16(8-9)13(17)10-4-5-11(14)12(15)7-10/h4-5,7,9H,2-3,6,8,15H2,1H3. The molecule has 1 atom stereocenters. The Morgan fingerprint density at radius 2 is 2.29 bits per heavy atom. The number of anilines is 1. The Kier molecular flexibility index (Phi) is 3.57. The molecular weight excluding hydrogens is 236 g/mol. The Hall–Kier alpha value is -1.22. The fraction of sp³-hybridized carbons (Fsp3) is 0.462. The van der Waals surface area contributed by atoms with Gasteiger partial charge in [0.2, 0.25) is 0 Å². The Morgan fingerprint density at radius 1 is 1.53 bits per heavy atom. The quantitative estimate of drug-likeness (QED) is 0.782. The van der Waals surface area contributed by atoms with Gasteiger partial charge in [0, 0.05) is 18.7 Å². The van der Waals surface area contributed by atoms with Gasteiger partial charge in [0.25, 0.3) is 5.91 Å². The van der Waals surface area contributed by atoms with Crippen molar-refractivity contribution in [3.05, 3.63) is 28.8 Å². The molecule has 17 heavy (non-hydrogen) atoms. The molecule has 0 aliphatic carbocycles. The number of piperidine rings is 1. The maximum absolute atomic E-state index is 12.2. The average Bonchev–Trinajstić information content (AvgIpc) is 2.32. The van der Waals surface area contributed by atoms with Crippen LogP contribution >= 0.6 is 11.6 Å². The van der Waals surface area contributed by atoms with Gasteiger partial charge >= 0.3 is 0 Å². The van der Waals surface area contributed by atoms with E-state index in [0.717, 1.165) is 19.5 Å². The van der Waals surface area contributed by atoms with Crippen LogP contribution in [0.15, 0.2) is 18.2 Å². The second kappa shape index (κ2) is 4.96. The zero-order chi connectivity index (χ0) is 12.4. The first-order valence-corrected chi connectivity index (χ1v) is 6.30. The third kappa shape index (κ3) is 2.72. The number of amides is 1. The van der Waals surface area contributed by atoms with Gasteiger partial charge in [0.15, 0.2) is 0 Å². The van der Waals surface area contributed by atoms with Crippen LogP contribution in [0.5, 0.6) is 0 Å². The zero-order valence-corrected chi connectivity index (χ0v) is 10.7. The molecule has 1 fully saturated rings. The minimum atomic E-state index is 0.0555. The summed E-state index contributed by atoms with van der Waals surface area (Å²) in [6, 6.07) is 5.07. The second-order valence-corrected chi connectivity index (χ2v) is 5.14. The van der Waals surface area contributed by atoms with E-state index in [2.05, 4.69) is 6.92 Å². The number of nitrogen functional groups attached to an aromatic ring is 1. The zero-order valence-electron chi connectivity index (χ0n) is 9.95. The molecule has 92 valence electrons. The summed E-state index contributed by atoms with van der Waals surface area (Å²) in [5.74, 6) is 0.636. The summed E-state index contributed by atoms with van der Waals surface area (Å²) in [6.45, 7) is 3.85. The van der Waals surface area contributed by atoms with Crippen molar-refractivity contribution in [3.8, 4) is 0 Å². The fourth-order valence-corrected chi connectivity index (χ4v) is 2.35. The highest BCUT2D eigenvalue weighted by Crippen LogP contribution is 2.22. The van der Waals surface area contributed by atoms with Gasteiger partial charge in [-0.25, -0.2) is 0 Å². The van der Waals surface area contributed by atoms with E-state index >= 15 is 0 Å². The molecule has 4 heteroatoms. The lowest BCUT2D eigenvalue weighted by Crippen LogP contribution is -2.39. The molecule has 1 aliphatic heterocycles. The summed E-state index contributed by atoms with van der Waals surface area (Å²) < 4.78 is 0. The summed E-state index contributed by atoms with van der Waals surface area (Å²) in [7, 11) is 0. The number of hydrogen-bond donors (Lipinski definition) is 1. The monoisotopic (exact) mass is 252 g/mol. The normalized spacial score (nSPS) is 20.4. The average molecular weight is 253 g/mol. The van der Waals surface area contributed by atoms with Gasteiger partial charge < -0.3 is 10.6 Å². The van der Waals surface area contributed by atoms with Gasteiger partial charge in [-0.15, -0.1) is 0 Å². The van der Waals surface area contributed by atoms with Gasteiger partial charge in [-0.1, -0.05) is 18.5 Å². The minimum absolute atomic E-state index is 0.0555. The maximum Gasteiger partial charge on any atom is 0.253 e. The minimum Gasteiger partial charge on any atom is -0.398 e. The highest BCUT2D eigenvalue weighted by molar-refractivity contribution is 6.33. The van der Waals surface area contributed by atoms with E-state index in [4.69, 9.17) is 17.3 Å². The van der Waals surface area contributed by atoms with Gasteiger partial charge in [-0.05, 0) is 37.0 Å². The molecule has 0 saturated carbocycles. The van der Waals surface area contributed by atoms with Crippen molar-refractivity contribution in [1.82, 2.24) is 4.90 Å². The molecule has 1 aromatic carbocycles. The number of benzene rings is 1. The number of carbonyl (C=O) groups excluding carboxylic acids is 1. The molecule has 1 heterocycles. The molecule has 0 aromatic heterocycles. The molecule has 0 spiro atoms. The van der Waals surface area contributed by atoms with Gasteiger partial charge in [-0.2, -0.15) is 0 Å². The van der Waals surface area contributed by atoms with Crippen molar-refractivity contribution in [3.63, 3.8) is 0 Å². The van der Waals surface area contributed by atoms with Gasteiger partial charge in [0.05, 0.1) is 10.7 Å². The Balaban J connectivity index is 2.15. The van der Waals surface area contributed by atoms with E-state index in [1.807, 2.05) is 4.90 Å². The largest absolute Gasteiger partial charge is 0.398 e. The summed E-state index contributed by atoms with van der Waals surface area (Å²) in [5.41, 5.74) is 6.80. The summed E-state index contributed by atoms with van der Waals surface area (Å²) in [4.78, 5) is 14.1. The van der Waals surface area contributed by atoms with E-state index in [9.17, 15) is 4.79 Å². The van der Waals surface area contributed by atoms with Crippen LogP contribution in [0.3, 0.4) is 0 Å². The van der Waals surface area contributed by atoms with Crippen LogP contribution in [0.4, 0.5) is 5.69 Å². The number of halogens is 1. The molecule has 2 N–H and O–H groups in total. The summed E-state index contributed by atoms with van der Waals surface area (Å²) in [5, 5.41) is 0.494. The van der Waals surface area contributed by atoms with Crippen molar-refractivity contribution < 1.29 is 4.79 Å². The molecule has 2 rings (SSSR count).